The van der Waals surface area contributed by atoms with Crippen molar-refractivity contribution in [3.63, 3.8) is 0 Å². The van der Waals surface area contributed by atoms with Gasteiger partial charge in [-0.15, -0.1) is 0 Å². The minimum Gasteiger partial charge on any atom is -0.462 e. The summed E-state index contributed by atoms with van der Waals surface area (Å²) in [5, 5.41) is 3.39. The minimum atomic E-state index is 0.590. The van der Waals surface area contributed by atoms with Crippen LogP contribution >= 0.6 is 0 Å². The molecule has 1 rings (SSSR count). The maximum atomic E-state index is 5.81. The number of nitrogens with one attached hydrogen (secondary N) is 1. The summed E-state index contributed by atoms with van der Waals surface area (Å²) < 4.78 is 11.6. The summed E-state index contributed by atoms with van der Waals surface area (Å²) in [7, 11) is 0. The van der Waals surface area contributed by atoms with E-state index in [0.29, 0.717) is 18.4 Å². The van der Waals surface area contributed by atoms with Crippen molar-refractivity contribution in [1.82, 2.24) is 5.32 Å². The van der Waals surface area contributed by atoms with Gasteiger partial charge in [-0.2, -0.15) is 0 Å². The highest BCUT2D eigenvalue weighted by Crippen LogP contribution is 2.15. The molecular formula is C18H33NO2. The number of rotatable bonds is 12. The van der Waals surface area contributed by atoms with Gasteiger partial charge in [0.2, 0.25) is 0 Å². The Morgan fingerprint density at radius 3 is 2.62 bits per heavy atom. The van der Waals surface area contributed by atoms with Gasteiger partial charge < -0.3 is 14.5 Å². The molecule has 0 aliphatic heterocycles. The lowest BCUT2D eigenvalue weighted by Gasteiger charge is -2.13. The normalized spacial score (nSPS) is 13.0. The number of furan rings is 1. The van der Waals surface area contributed by atoms with Gasteiger partial charge in [0, 0.05) is 6.61 Å². The second-order valence-corrected chi connectivity index (χ2v) is 6.32. The van der Waals surface area contributed by atoms with Crippen LogP contribution in [0.1, 0.15) is 64.9 Å². The summed E-state index contributed by atoms with van der Waals surface area (Å²) in [5.41, 5.74) is 0. The standard InChI is InChI=1S/C18H33NO2/c1-5-7-8-16(6-2)13-20-14-18-10-9-17(21-18)12-19-11-15(3)4/h9-10,15-16,19H,5-8,11-14H2,1-4H3. The highest BCUT2D eigenvalue weighted by molar-refractivity contribution is 5.06. The van der Waals surface area contributed by atoms with Crippen molar-refractivity contribution in [2.24, 2.45) is 11.8 Å². The van der Waals surface area contributed by atoms with Gasteiger partial charge in [0.15, 0.2) is 0 Å². The van der Waals surface area contributed by atoms with E-state index in [-0.39, 0.29) is 0 Å². The first-order chi connectivity index (χ1) is 10.2. The van der Waals surface area contributed by atoms with Gasteiger partial charge in [-0.3, -0.25) is 0 Å². The Balaban J connectivity index is 2.21. The molecular weight excluding hydrogens is 262 g/mol. The molecule has 0 spiro atoms. The third-order valence-electron chi connectivity index (χ3n) is 3.71. The smallest absolute Gasteiger partial charge is 0.129 e. The van der Waals surface area contributed by atoms with Crippen molar-refractivity contribution in [2.75, 3.05) is 13.2 Å². The van der Waals surface area contributed by atoms with Gasteiger partial charge in [0.1, 0.15) is 18.1 Å². The Kier molecular flexibility index (Phi) is 9.44. The van der Waals surface area contributed by atoms with E-state index in [4.69, 9.17) is 9.15 Å². The van der Waals surface area contributed by atoms with E-state index in [1.54, 1.807) is 0 Å². The average Bonchev–Trinajstić information content (AvgIpc) is 2.90. The summed E-state index contributed by atoms with van der Waals surface area (Å²) in [6.07, 6.45) is 5.04. The summed E-state index contributed by atoms with van der Waals surface area (Å²) in [4.78, 5) is 0. The molecule has 0 saturated carbocycles. The Morgan fingerprint density at radius 1 is 1.19 bits per heavy atom. The van der Waals surface area contributed by atoms with E-state index in [1.807, 2.05) is 12.1 Å². The monoisotopic (exact) mass is 295 g/mol. The van der Waals surface area contributed by atoms with Crippen molar-refractivity contribution in [3.8, 4) is 0 Å². The first-order valence-electron chi connectivity index (χ1n) is 8.51. The van der Waals surface area contributed by atoms with E-state index in [1.165, 1.54) is 25.7 Å². The van der Waals surface area contributed by atoms with E-state index < -0.39 is 0 Å². The predicted molar refractivity (Wildman–Crippen MR) is 88.2 cm³/mol. The van der Waals surface area contributed by atoms with Gasteiger partial charge in [-0.05, 0) is 36.9 Å². The van der Waals surface area contributed by atoms with Gasteiger partial charge in [-0.25, -0.2) is 0 Å². The predicted octanol–water partition coefficient (Wildman–Crippen LogP) is 4.76. The number of ether oxygens (including phenoxy) is 1. The highest BCUT2D eigenvalue weighted by atomic mass is 16.5. The Bertz CT molecular complexity index is 360. The molecule has 1 N–H and O–H groups in total. The van der Waals surface area contributed by atoms with Crippen LogP contribution in [0.5, 0.6) is 0 Å². The van der Waals surface area contributed by atoms with E-state index >= 15 is 0 Å². The number of hydrogen-bond donors (Lipinski definition) is 1. The topological polar surface area (TPSA) is 34.4 Å². The van der Waals surface area contributed by atoms with Crippen molar-refractivity contribution < 1.29 is 9.15 Å². The summed E-state index contributed by atoms with van der Waals surface area (Å²) in [5.74, 6) is 3.28. The second kappa shape index (κ2) is 10.9. The molecule has 0 radical (unpaired) electrons. The number of unbranched alkanes of at least 4 members (excludes halogenated alkanes) is 1. The van der Waals surface area contributed by atoms with Crippen LogP contribution < -0.4 is 5.32 Å². The van der Waals surface area contributed by atoms with Crippen molar-refractivity contribution >= 4 is 0 Å². The lowest BCUT2D eigenvalue weighted by molar-refractivity contribution is 0.0702. The Hall–Kier alpha value is -0.800. The molecule has 1 unspecified atom stereocenters. The lowest BCUT2D eigenvalue weighted by Crippen LogP contribution is -2.18. The maximum Gasteiger partial charge on any atom is 0.129 e. The summed E-state index contributed by atoms with van der Waals surface area (Å²) >= 11 is 0. The molecule has 0 aliphatic carbocycles. The summed E-state index contributed by atoms with van der Waals surface area (Å²) in [6.45, 7) is 12.1. The van der Waals surface area contributed by atoms with E-state index in [0.717, 1.165) is 31.2 Å². The molecule has 21 heavy (non-hydrogen) atoms. The quantitative estimate of drug-likeness (QED) is 0.604. The molecule has 0 aliphatic rings. The fourth-order valence-electron chi connectivity index (χ4n) is 2.30. The van der Waals surface area contributed by atoms with Gasteiger partial charge in [-0.1, -0.05) is 47.0 Å². The van der Waals surface area contributed by atoms with Crippen molar-refractivity contribution in [1.29, 1.82) is 0 Å². The van der Waals surface area contributed by atoms with E-state index in [2.05, 4.69) is 33.0 Å². The van der Waals surface area contributed by atoms with Crippen LogP contribution in [-0.4, -0.2) is 13.2 Å². The fraction of sp³-hybridized carbons (Fsp3) is 0.778. The molecule has 122 valence electrons. The lowest BCUT2D eigenvalue weighted by atomic mass is 10.0. The zero-order valence-corrected chi connectivity index (χ0v) is 14.3. The fourth-order valence-corrected chi connectivity index (χ4v) is 2.30. The van der Waals surface area contributed by atoms with Crippen LogP contribution in [-0.2, 0) is 17.9 Å². The Morgan fingerprint density at radius 2 is 1.95 bits per heavy atom. The first-order valence-corrected chi connectivity index (χ1v) is 8.51. The van der Waals surface area contributed by atoms with Gasteiger partial charge >= 0.3 is 0 Å². The van der Waals surface area contributed by atoms with Crippen LogP contribution in [0.2, 0.25) is 0 Å². The molecule has 1 atom stereocenters. The van der Waals surface area contributed by atoms with Crippen LogP contribution in [0.4, 0.5) is 0 Å². The average molecular weight is 295 g/mol. The molecule has 0 bridgehead atoms. The molecule has 1 heterocycles. The molecule has 0 aromatic carbocycles. The largest absolute Gasteiger partial charge is 0.462 e. The molecule has 0 saturated heterocycles. The van der Waals surface area contributed by atoms with Crippen LogP contribution in [0, 0.1) is 11.8 Å². The minimum absolute atomic E-state index is 0.590. The third kappa shape index (κ3) is 8.27. The van der Waals surface area contributed by atoms with Crippen molar-refractivity contribution in [2.45, 2.75) is 66.5 Å². The SMILES string of the molecule is CCCCC(CC)COCc1ccc(CNCC(C)C)o1. The third-order valence-corrected chi connectivity index (χ3v) is 3.71. The van der Waals surface area contributed by atoms with E-state index in [9.17, 15) is 0 Å². The zero-order valence-electron chi connectivity index (χ0n) is 14.3. The highest BCUT2D eigenvalue weighted by Gasteiger charge is 2.07. The molecule has 1 aromatic heterocycles. The van der Waals surface area contributed by atoms with Crippen molar-refractivity contribution in [3.05, 3.63) is 23.7 Å². The van der Waals surface area contributed by atoms with Crippen LogP contribution in [0.3, 0.4) is 0 Å². The molecule has 0 fully saturated rings. The second-order valence-electron chi connectivity index (χ2n) is 6.32. The molecule has 1 aromatic rings. The number of hydrogen-bond acceptors (Lipinski definition) is 3. The molecule has 0 amide bonds. The molecule has 3 nitrogen and oxygen atoms in total. The molecule has 3 heteroatoms. The zero-order chi connectivity index (χ0) is 15.5. The maximum absolute atomic E-state index is 5.81. The van der Waals surface area contributed by atoms with Gasteiger partial charge in [0.25, 0.3) is 0 Å². The van der Waals surface area contributed by atoms with Crippen LogP contribution in [0.15, 0.2) is 16.5 Å². The first kappa shape index (κ1) is 18.2. The summed E-state index contributed by atoms with van der Waals surface area (Å²) in [6, 6.07) is 4.07. The van der Waals surface area contributed by atoms with Crippen LogP contribution in [0.25, 0.3) is 0 Å². The Labute approximate surface area is 130 Å². The van der Waals surface area contributed by atoms with Gasteiger partial charge in [0.05, 0.1) is 6.54 Å².